The van der Waals surface area contributed by atoms with Gasteiger partial charge in [-0.15, -0.1) is 0 Å². The van der Waals surface area contributed by atoms with E-state index in [4.69, 9.17) is 18.9 Å². The van der Waals surface area contributed by atoms with E-state index < -0.39 is 11.7 Å². The third kappa shape index (κ3) is 10.4. The Bertz CT molecular complexity index is 871. The summed E-state index contributed by atoms with van der Waals surface area (Å²) >= 11 is 0. The van der Waals surface area contributed by atoms with Crippen molar-refractivity contribution in [2.24, 2.45) is 0 Å². The van der Waals surface area contributed by atoms with E-state index in [1.54, 1.807) is 6.92 Å². The normalized spacial score (nSPS) is 12.0. The molecule has 33 heavy (non-hydrogen) atoms. The maximum absolute atomic E-state index is 11.8. The van der Waals surface area contributed by atoms with Crippen molar-refractivity contribution in [1.82, 2.24) is 0 Å². The minimum atomic E-state index is -0.533. The van der Waals surface area contributed by atoms with Crippen LogP contribution in [0.3, 0.4) is 0 Å². The van der Waals surface area contributed by atoms with Crippen LogP contribution in [0.5, 0.6) is 5.75 Å². The topological polar surface area (TPSA) is 83.1 Å². The fourth-order valence-electron chi connectivity index (χ4n) is 2.95. The number of hydrogen-bond acceptors (Lipinski definition) is 6. The molecular weight excluding hydrogens is 422 g/mol. The fraction of sp³-hybridized carbons (Fsp3) is 0.462. The number of ether oxygens (including phenoxy) is 4. The summed E-state index contributed by atoms with van der Waals surface area (Å²) in [6.45, 7) is 10.4. The SMILES string of the molecule is CCOC(=O)CCO[C@@H](C)c1ccc(OCCc2ccc(NC(=O)OC(C)(C)C)cc2)cc1. The van der Waals surface area contributed by atoms with Crippen LogP contribution in [0, 0.1) is 0 Å². The number of carbonyl (C=O) groups excluding carboxylic acids is 2. The summed E-state index contributed by atoms with van der Waals surface area (Å²) < 4.78 is 21.7. The molecule has 1 N–H and O–H groups in total. The van der Waals surface area contributed by atoms with Crippen molar-refractivity contribution in [1.29, 1.82) is 0 Å². The zero-order valence-electron chi connectivity index (χ0n) is 20.2. The van der Waals surface area contributed by atoms with Gasteiger partial charge in [-0.25, -0.2) is 4.79 Å². The molecular formula is C26H35NO6. The molecule has 0 fully saturated rings. The third-order valence-electron chi connectivity index (χ3n) is 4.59. The van der Waals surface area contributed by atoms with Crippen LogP contribution in [0.25, 0.3) is 0 Å². The summed E-state index contributed by atoms with van der Waals surface area (Å²) in [5.74, 6) is 0.531. The van der Waals surface area contributed by atoms with Gasteiger partial charge in [0.25, 0.3) is 0 Å². The average Bonchev–Trinajstić information content (AvgIpc) is 2.74. The molecule has 7 heteroatoms. The van der Waals surface area contributed by atoms with Crippen molar-refractivity contribution in [2.45, 2.75) is 59.2 Å². The highest BCUT2D eigenvalue weighted by atomic mass is 16.6. The third-order valence-corrected chi connectivity index (χ3v) is 4.59. The molecule has 0 saturated carbocycles. The summed E-state index contributed by atoms with van der Waals surface area (Å²) in [6.07, 6.45) is 0.390. The molecule has 0 spiro atoms. The van der Waals surface area contributed by atoms with Gasteiger partial charge in [0.2, 0.25) is 0 Å². The Labute approximate surface area is 196 Å². The molecule has 0 aliphatic heterocycles. The first-order valence-electron chi connectivity index (χ1n) is 11.2. The Balaban J connectivity index is 1.72. The van der Waals surface area contributed by atoms with Crippen LogP contribution in [0.1, 0.15) is 58.3 Å². The predicted octanol–water partition coefficient (Wildman–Crippen LogP) is 5.69. The smallest absolute Gasteiger partial charge is 0.412 e. The number of hydrogen-bond donors (Lipinski definition) is 1. The molecule has 2 rings (SSSR count). The van der Waals surface area contributed by atoms with E-state index in [1.165, 1.54) is 0 Å². The molecule has 1 atom stereocenters. The van der Waals surface area contributed by atoms with E-state index in [-0.39, 0.29) is 18.5 Å². The lowest BCUT2D eigenvalue weighted by atomic mass is 10.1. The van der Waals surface area contributed by atoms with Crippen LogP contribution in [0.4, 0.5) is 10.5 Å². The summed E-state index contributed by atoms with van der Waals surface area (Å²) in [5, 5.41) is 2.72. The van der Waals surface area contributed by atoms with Crippen LogP contribution in [-0.4, -0.2) is 37.5 Å². The Morgan fingerprint density at radius 1 is 0.970 bits per heavy atom. The van der Waals surface area contributed by atoms with Gasteiger partial charge < -0.3 is 18.9 Å². The van der Waals surface area contributed by atoms with Crippen molar-refractivity contribution < 1.29 is 28.5 Å². The van der Waals surface area contributed by atoms with E-state index in [9.17, 15) is 9.59 Å². The quantitative estimate of drug-likeness (QED) is 0.437. The molecule has 2 aromatic carbocycles. The van der Waals surface area contributed by atoms with Gasteiger partial charge in [0.05, 0.1) is 32.3 Å². The van der Waals surface area contributed by atoms with Crippen LogP contribution in [0.15, 0.2) is 48.5 Å². The number of nitrogens with one attached hydrogen (secondary N) is 1. The molecule has 2 aromatic rings. The summed E-state index contributed by atoms with van der Waals surface area (Å²) in [4.78, 5) is 23.2. The zero-order chi connectivity index (χ0) is 24.3. The number of esters is 1. The Morgan fingerprint density at radius 3 is 2.24 bits per heavy atom. The molecule has 0 bridgehead atoms. The molecule has 0 aliphatic rings. The first-order valence-corrected chi connectivity index (χ1v) is 11.2. The van der Waals surface area contributed by atoms with Crippen molar-refractivity contribution >= 4 is 17.7 Å². The minimum absolute atomic E-state index is 0.124. The predicted molar refractivity (Wildman–Crippen MR) is 128 cm³/mol. The van der Waals surface area contributed by atoms with E-state index in [0.717, 1.165) is 23.3 Å². The van der Waals surface area contributed by atoms with E-state index in [1.807, 2.05) is 76.2 Å². The highest BCUT2D eigenvalue weighted by Crippen LogP contribution is 2.21. The number of amides is 1. The maximum Gasteiger partial charge on any atom is 0.412 e. The fourth-order valence-corrected chi connectivity index (χ4v) is 2.95. The van der Waals surface area contributed by atoms with E-state index in [2.05, 4.69) is 5.32 Å². The number of benzene rings is 2. The monoisotopic (exact) mass is 457 g/mol. The highest BCUT2D eigenvalue weighted by molar-refractivity contribution is 5.84. The molecule has 0 radical (unpaired) electrons. The second kappa shape index (κ2) is 12.8. The minimum Gasteiger partial charge on any atom is -0.493 e. The largest absolute Gasteiger partial charge is 0.493 e. The molecule has 1 amide bonds. The zero-order valence-corrected chi connectivity index (χ0v) is 20.2. The molecule has 7 nitrogen and oxygen atoms in total. The molecule has 0 heterocycles. The average molecular weight is 458 g/mol. The van der Waals surface area contributed by atoms with E-state index in [0.29, 0.717) is 25.5 Å². The first-order chi connectivity index (χ1) is 15.7. The first kappa shape index (κ1) is 26.2. The van der Waals surface area contributed by atoms with Crippen molar-refractivity contribution in [3.05, 3.63) is 59.7 Å². The maximum atomic E-state index is 11.8. The van der Waals surface area contributed by atoms with Gasteiger partial charge in [0.1, 0.15) is 11.4 Å². The Morgan fingerprint density at radius 2 is 1.64 bits per heavy atom. The van der Waals surface area contributed by atoms with Gasteiger partial charge in [-0.1, -0.05) is 24.3 Å². The van der Waals surface area contributed by atoms with Crippen LogP contribution >= 0.6 is 0 Å². The van der Waals surface area contributed by atoms with Gasteiger partial charge in [0, 0.05) is 12.1 Å². The lowest BCUT2D eigenvalue weighted by molar-refractivity contribution is -0.144. The molecule has 180 valence electrons. The molecule has 0 aliphatic carbocycles. The molecule has 0 unspecified atom stereocenters. The molecule has 0 aromatic heterocycles. The number of rotatable bonds is 11. The van der Waals surface area contributed by atoms with Crippen LogP contribution < -0.4 is 10.1 Å². The van der Waals surface area contributed by atoms with Gasteiger partial charge in [-0.05, 0) is 70.0 Å². The summed E-state index contributed by atoms with van der Waals surface area (Å²) in [5.41, 5.74) is 2.27. The lowest BCUT2D eigenvalue weighted by Crippen LogP contribution is -2.27. The van der Waals surface area contributed by atoms with Gasteiger partial charge in [-0.2, -0.15) is 0 Å². The van der Waals surface area contributed by atoms with Gasteiger partial charge in [0.15, 0.2) is 0 Å². The number of anilines is 1. The number of carbonyl (C=O) groups is 2. The summed E-state index contributed by atoms with van der Waals surface area (Å²) in [7, 11) is 0. The lowest BCUT2D eigenvalue weighted by Gasteiger charge is -2.19. The van der Waals surface area contributed by atoms with Crippen LogP contribution in [-0.2, 0) is 25.4 Å². The highest BCUT2D eigenvalue weighted by Gasteiger charge is 2.16. The van der Waals surface area contributed by atoms with Crippen molar-refractivity contribution in [3.63, 3.8) is 0 Å². The summed E-state index contributed by atoms with van der Waals surface area (Å²) in [6, 6.07) is 15.3. The van der Waals surface area contributed by atoms with Crippen LogP contribution in [0.2, 0.25) is 0 Å². The van der Waals surface area contributed by atoms with E-state index >= 15 is 0 Å². The second-order valence-corrected chi connectivity index (χ2v) is 8.56. The Kier molecular flexibility index (Phi) is 10.2. The van der Waals surface area contributed by atoms with Gasteiger partial charge >= 0.3 is 12.1 Å². The van der Waals surface area contributed by atoms with Gasteiger partial charge in [-0.3, -0.25) is 10.1 Å². The van der Waals surface area contributed by atoms with Crippen molar-refractivity contribution in [2.75, 3.05) is 25.1 Å². The van der Waals surface area contributed by atoms with Crippen molar-refractivity contribution in [3.8, 4) is 5.75 Å². The molecule has 0 saturated heterocycles. The Hall–Kier alpha value is -3.06. The second-order valence-electron chi connectivity index (χ2n) is 8.56. The standard InChI is InChI=1S/C26H35NO6/c1-6-30-24(28)16-18-31-19(2)21-9-13-23(14-10-21)32-17-15-20-7-11-22(12-8-20)27-25(29)33-26(3,4)5/h7-14,19H,6,15-18H2,1-5H3,(H,27,29)/t19-/m0/s1.